The minimum Gasteiger partial charge on any atom is -0.444 e. The van der Waals surface area contributed by atoms with Crippen LogP contribution in [0.5, 0.6) is 0 Å². The number of anilines is 1. The molecule has 16 heteroatoms. The number of nitrogens with zero attached hydrogens (tertiary/aromatic N) is 5. The highest BCUT2D eigenvalue weighted by atomic mass is 79.9. The zero-order chi connectivity index (χ0) is 42.9. The second-order valence-electron chi connectivity index (χ2n) is 16.5. The minimum absolute atomic E-state index is 0.0172. The Balaban J connectivity index is 0.000000186. The van der Waals surface area contributed by atoms with Crippen LogP contribution in [0.25, 0.3) is 31.0 Å². The summed E-state index contributed by atoms with van der Waals surface area (Å²) in [4.78, 5) is 49.9. The van der Waals surface area contributed by atoms with Gasteiger partial charge in [0.15, 0.2) is 0 Å². The summed E-state index contributed by atoms with van der Waals surface area (Å²) >= 11 is 11.7. The summed E-state index contributed by atoms with van der Waals surface area (Å²) in [7, 11) is 0. The number of benzene rings is 2. The summed E-state index contributed by atoms with van der Waals surface area (Å²) in [5, 5.41) is 11.1. The van der Waals surface area contributed by atoms with Crippen LogP contribution in [-0.4, -0.2) is 67.1 Å². The van der Waals surface area contributed by atoms with E-state index in [1.807, 2.05) is 97.5 Å². The number of likely N-dealkylation sites (tertiary alicyclic amines) is 1. The maximum atomic E-state index is 12.8. The van der Waals surface area contributed by atoms with E-state index in [1.54, 1.807) is 38.9 Å². The van der Waals surface area contributed by atoms with Crippen LogP contribution >= 0.6 is 65.9 Å². The van der Waals surface area contributed by atoms with Crippen LogP contribution in [0.2, 0.25) is 0 Å². The lowest BCUT2D eigenvalue weighted by Gasteiger charge is -2.39. The zero-order valence-corrected chi connectivity index (χ0v) is 40.1. The molecule has 5 aromatic rings. The molecule has 7 rings (SSSR count). The average Bonchev–Trinajstić information content (AvgIpc) is 3.77. The number of amides is 2. The molecule has 1 saturated heterocycles. The largest absolute Gasteiger partial charge is 0.444 e. The molecule has 2 aromatic carbocycles. The Kier molecular flexibility index (Phi) is 14.4. The van der Waals surface area contributed by atoms with E-state index in [2.05, 4.69) is 55.9 Å². The summed E-state index contributed by atoms with van der Waals surface area (Å²) in [6.45, 7) is 19.1. The topological polar surface area (TPSA) is 152 Å². The Hall–Kier alpha value is -3.62. The molecule has 0 spiro atoms. The van der Waals surface area contributed by atoms with Crippen LogP contribution in [0.4, 0.5) is 14.6 Å². The first kappa shape index (κ1) is 45.5. The number of piperidine rings is 1. The Bertz CT molecular complexity index is 2340. The molecule has 2 aliphatic rings. The van der Waals surface area contributed by atoms with Gasteiger partial charge in [0.05, 0.1) is 44.0 Å². The number of halogens is 2. The van der Waals surface area contributed by atoms with Gasteiger partial charge in [-0.1, -0.05) is 31.9 Å². The molecule has 2 N–H and O–H groups in total. The molecule has 4 atom stereocenters. The van der Waals surface area contributed by atoms with E-state index >= 15 is 0 Å². The van der Waals surface area contributed by atoms with Crippen LogP contribution in [-0.2, 0) is 27.1 Å². The molecule has 4 unspecified atom stereocenters. The van der Waals surface area contributed by atoms with Crippen molar-refractivity contribution in [1.82, 2.24) is 19.8 Å². The van der Waals surface area contributed by atoms with Crippen LogP contribution in [0.1, 0.15) is 104 Å². The van der Waals surface area contributed by atoms with E-state index in [9.17, 15) is 14.4 Å². The molecule has 0 radical (unpaired) electrons. The summed E-state index contributed by atoms with van der Waals surface area (Å²) in [6, 6.07) is 14.0. The first-order valence-electron chi connectivity index (χ1n) is 19.0. The average molecular weight is 975 g/mol. The van der Waals surface area contributed by atoms with Gasteiger partial charge in [0, 0.05) is 50.4 Å². The fourth-order valence-electron chi connectivity index (χ4n) is 6.98. The molecular formula is C42H50Br2N6O5S3. The van der Waals surface area contributed by atoms with E-state index in [4.69, 9.17) is 25.5 Å². The van der Waals surface area contributed by atoms with Gasteiger partial charge in [-0.25, -0.2) is 19.6 Å². The second kappa shape index (κ2) is 18.3. The Morgan fingerprint density at radius 3 is 1.84 bits per heavy atom. The van der Waals surface area contributed by atoms with Gasteiger partial charge in [0.2, 0.25) is 0 Å². The molecule has 2 amide bonds. The molecule has 2 aliphatic heterocycles. The number of carbonyl (C=O) groups is 3. The lowest BCUT2D eigenvalue weighted by molar-refractivity contribution is -0.124. The normalized spacial score (nSPS) is 19.4. The highest BCUT2D eigenvalue weighted by molar-refractivity contribution is 9.10. The first-order valence-corrected chi connectivity index (χ1v) is 23.0. The molecule has 11 nitrogen and oxygen atoms in total. The summed E-state index contributed by atoms with van der Waals surface area (Å²) < 4.78 is 15.3. The SMILES string of the molecule is CC1CC(=O)CC(C)N1C(=O)OC(C)(C)C.CC1Cc2c(sc(N)c2-c2nc3cc(Br)ccc3s2)C(C)N1C(=O)OC(C)(C)C.N#CCc1nc2cc(Br)ccc2s1. The smallest absolute Gasteiger partial charge is 0.411 e. The molecule has 1 fully saturated rings. The predicted octanol–water partition coefficient (Wildman–Crippen LogP) is 12.1. The van der Waals surface area contributed by atoms with Crippen LogP contribution in [0.15, 0.2) is 45.3 Å². The quantitative estimate of drug-likeness (QED) is 0.182. The summed E-state index contributed by atoms with van der Waals surface area (Å²) in [5.41, 5.74) is 9.64. The van der Waals surface area contributed by atoms with Crippen molar-refractivity contribution in [2.24, 2.45) is 0 Å². The van der Waals surface area contributed by atoms with Crippen molar-refractivity contribution in [2.45, 2.75) is 130 Å². The van der Waals surface area contributed by atoms with Crippen LogP contribution in [0, 0.1) is 11.3 Å². The van der Waals surface area contributed by atoms with E-state index in [0.717, 1.165) is 61.3 Å². The van der Waals surface area contributed by atoms with Gasteiger partial charge in [-0.05, 0) is 118 Å². The molecule has 58 heavy (non-hydrogen) atoms. The fraction of sp³-hybridized carbons (Fsp3) is 0.476. The van der Waals surface area contributed by atoms with Crippen molar-refractivity contribution >= 4 is 109 Å². The number of hydrogen-bond donors (Lipinski definition) is 1. The molecular weight excluding hydrogens is 925 g/mol. The molecule has 5 heterocycles. The van der Waals surface area contributed by atoms with Crippen molar-refractivity contribution < 1.29 is 23.9 Å². The maximum absolute atomic E-state index is 12.8. The van der Waals surface area contributed by atoms with Crippen molar-refractivity contribution in [1.29, 1.82) is 5.26 Å². The van der Waals surface area contributed by atoms with Crippen molar-refractivity contribution in [3.8, 4) is 16.6 Å². The first-order chi connectivity index (χ1) is 27.0. The van der Waals surface area contributed by atoms with Gasteiger partial charge in [-0.3, -0.25) is 9.69 Å². The second-order valence-corrected chi connectivity index (χ2v) is 21.6. The summed E-state index contributed by atoms with van der Waals surface area (Å²) in [5.74, 6) is 0.222. The standard InChI is InChI=1S/C21H24BrN3O2S2.C12H21NO3.C9H5BrN2S/c1-10-8-13-16(19-24-14-9-12(22)6-7-15(14)28-19)18(23)29-17(13)11(2)25(10)20(26)27-21(3,4)5;1-8-6-10(14)7-9(2)13(8)11(15)16-12(3,4)5;10-6-1-2-8-7(5-6)12-9(13-8)3-4-11/h6-7,9-11H,8,23H2,1-5H3;8-9H,6-7H2,1-5H3;1-2,5H,3H2. The predicted molar refractivity (Wildman–Crippen MR) is 243 cm³/mol. The van der Waals surface area contributed by atoms with Gasteiger partial charge in [0.25, 0.3) is 0 Å². The monoisotopic (exact) mass is 972 g/mol. The minimum atomic E-state index is -0.522. The number of nitrogens with two attached hydrogens (primary N) is 1. The van der Waals surface area contributed by atoms with E-state index in [1.165, 1.54) is 5.56 Å². The third-order valence-electron chi connectivity index (χ3n) is 9.23. The third-order valence-corrected chi connectivity index (χ3v) is 13.5. The highest BCUT2D eigenvalue weighted by Gasteiger charge is 2.39. The molecule has 0 bridgehead atoms. The Labute approximate surface area is 369 Å². The molecule has 0 saturated carbocycles. The number of aromatic nitrogens is 2. The van der Waals surface area contributed by atoms with Crippen molar-refractivity contribution in [3.05, 3.63) is 60.8 Å². The lowest BCUT2D eigenvalue weighted by Crippen LogP contribution is -2.51. The highest BCUT2D eigenvalue weighted by Crippen LogP contribution is 2.49. The number of carbonyl (C=O) groups excluding carboxylic acids is 3. The number of ketones is 1. The molecule has 310 valence electrons. The number of fused-ring (bicyclic) bond motifs is 3. The van der Waals surface area contributed by atoms with Crippen LogP contribution < -0.4 is 5.73 Å². The number of nitrogen functional groups attached to an aromatic ring is 1. The summed E-state index contributed by atoms with van der Waals surface area (Å²) in [6.07, 6.45) is 1.41. The number of rotatable bonds is 2. The van der Waals surface area contributed by atoms with Crippen molar-refractivity contribution in [3.63, 3.8) is 0 Å². The van der Waals surface area contributed by atoms with Crippen LogP contribution in [0.3, 0.4) is 0 Å². The van der Waals surface area contributed by atoms with Crippen molar-refractivity contribution in [2.75, 3.05) is 5.73 Å². The molecule has 3 aromatic heterocycles. The fourth-order valence-corrected chi connectivity index (χ4v) is 10.8. The number of ether oxygens (including phenoxy) is 2. The van der Waals surface area contributed by atoms with E-state index in [-0.39, 0.29) is 42.1 Å². The maximum Gasteiger partial charge on any atom is 0.411 e. The van der Waals surface area contributed by atoms with Gasteiger partial charge in [0.1, 0.15) is 27.0 Å². The third kappa shape index (κ3) is 11.1. The van der Waals surface area contributed by atoms with Gasteiger partial charge in [-0.15, -0.1) is 34.0 Å². The zero-order valence-electron chi connectivity index (χ0n) is 34.4. The number of thiazole rings is 2. The number of hydrogen-bond acceptors (Lipinski definition) is 12. The Morgan fingerprint density at radius 2 is 1.31 bits per heavy atom. The Morgan fingerprint density at radius 1 is 0.810 bits per heavy atom. The number of nitriles is 1. The van der Waals surface area contributed by atoms with Gasteiger partial charge < -0.3 is 20.1 Å². The number of Topliss-reactive ketones (excluding diaryl/α,β-unsaturated/α-hetero) is 1. The van der Waals surface area contributed by atoms with Gasteiger partial charge in [-0.2, -0.15) is 5.26 Å². The lowest BCUT2D eigenvalue weighted by atomic mass is 9.93. The van der Waals surface area contributed by atoms with Gasteiger partial charge >= 0.3 is 12.2 Å². The number of thiophene rings is 1. The van der Waals surface area contributed by atoms with E-state index < -0.39 is 11.2 Å². The van der Waals surface area contributed by atoms with E-state index in [0.29, 0.717) is 19.3 Å². The molecule has 0 aliphatic carbocycles.